The standard InChI is InChI=1S/C17H16F2N2O2/c1-11-4-2-3-5-15(11)21-16(22)8-9-20-17(23)13-7-6-12(18)10-14(13)19/h2-7,10H,8-9H2,1H3,(H,20,23)(H,21,22). The van der Waals surface area contributed by atoms with Gasteiger partial charge in [-0.3, -0.25) is 9.59 Å². The summed E-state index contributed by atoms with van der Waals surface area (Å²) in [6, 6.07) is 10.0. The van der Waals surface area contributed by atoms with Gasteiger partial charge in [0.1, 0.15) is 11.6 Å². The summed E-state index contributed by atoms with van der Waals surface area (Å²) in [5.74, 6) is -2.64. The predicted octanol–water partition coefficient (Wildman–Crippen LogP) is 3.03. The first-order valence-corrected chi connectivity index (χ1v) is 7.06. The molecule has 4 nitrogen and oxygen atoms in total. The van der Waals surface area contributed by atoms with Gasteiger partial charge >= 0.3 is 0 Å². The highest BCUT2D eigenvalue weighted by Gasteiger charge is 2.12. The van der Waals surface area contributed by atoms with Crippen LogP contribution in [0.3, 0.4) is 0 Å². The number of halogens is 2. The van der Waals surface area contributed by atoms with Crippen LogP contribution < -0.4 is 10.6 Å². The third kappa shape index (κ3) is 4.60. The van der Waals surface area contributed by atoms with Crippen LogP contribution in [0.15, 0.2) is 42.5 Å². The number of para-hydroxylation sites is 1. The van der Waals surface area contributed by atoms with Crippen molar-refractivity contribution in [3.63, 3.8) is 0 Å². The van der Waals surface area contributed by atoms with E-state index < -0.39 is 17.5 Å². The van der Waals surface area contributed by atoms with E-state index in [-0.39, 0.29) is 24.4 Å². The molecule has 6 heteroatoms. The molecule has 2 aromatic carbocycles. The van der Waals surface area contributed by atoms with E-state index in [0.29, 0.717) is 11.8 Å². The molecule has 2 rings (SSSR count). The number of carbonyl (C=O) groups excluding carboxylic acids is 2. The van der Waals surface area contributed by atoms with Gasteiger partial charge in [-0.2, -0.15) is 0 Å². The quantitative estimate of drug-likeness (QED) is 0.890. The van der Waals surface area contributed by atoms with Crippen molar-refractivity contribution < 1.29 is 18.4 Å². The molecule has 0 saturated carbocycles. The Morgan fingerprint density at radius 2 is 1.83 bits per heavy atom. The fraction of sp³-hybridized carbons (Fsp3) is 0.176. The third-order valence-corrected chi connectivity index (χ3v) is 3.23. The Morgan fingerprint density at radius 3 is 2.52 bits per heavy atom. The van der Waals surface area contributed by atoms with Crippen LogP contribution in [-0.2, 0) is 4.79 Å². The zero-order valence-electron chi connectivity index (χ0n) is 12.5. The fourth-order valence-electron chi connectivity index (χ4n) is 1.98. The molecule has 0 aliphatic rings. The summed E-state index contributed by atoms with van der Waals surface area (Å²) in [5, 5.41) is 5.16. The maximum atomic E-state index is 13.4. The van der Waals surface area contributed by atoms with E-state index in [1.165, 1.54) is 0 Å². The first-order chi connectivity index (χ1) is 11.0. The molecule has 0 bridgehead atoms. The molecule has 2 N–H and O–H groups in total. The van der Waals surface area contributed by atoms with Crippen molar-refractivity contribution in [3.8, 4) is 0 Å². The van der Waals surface area contributed by atoms with Crippen LogP contribution >= 0.6 is 0 Å². The van der Waals surface area contributed by atoms with Crippen molar-refractivity contribution in [2.24, 2.45) is 0 Å². The number of hydrogen-bond donors (Lipinski definition) is 2. The summed E-state index contributed by atoms with van der Waals surface area (Å²) in [5.41, 5.74) is 1.37. The molecule has 23 heavy (non-hydrogen) atoms. The summed E-state index contributed by atoms with van der Waals surface area (Å²) in [6.07, 6.45) is 0.0445. The number of benzene rings is 2. The normalized spacial score (nSPS) is 10.2. The van der Waals surface area contributed by atoms with Crippen LogP contribution in [0.5, 0.6) is 0 Å². The van der Waals surface area contributed by atoms with Crippen LogP contribution in [0.1, 0.15) is 22.3 Å². The Labute approximate surface area is 132 Å². The number of rotatable bonds is 5. The SMILES string of the molecule is Cc1ccccc1NC(=O)CCNC(=O)c1ccc(F)cc1F. The summed E-state index contributed by atoms with van der Waals surface area (Å²) >= 11 is 0. The molecule has 2 aromatic rings. The lowest BCUT2D eigenvalue weighted by Gasteiger charge is -2.09. The van der Waals surface area contributed by atoms with Gasteiger partial charge < -0.3 is 10.6 Å². The van der Waals surface area contributed by atoms with Crippen molar-refractivity contribution >= 4 is 17.5 Å². The molecule has 0 heterocycles. The first kappa shape index (κ1) is 16.6. The fourth-order valence-corrected chi connectivity index (χ4v) is 1.98. The molecule has 0 unspecified atom stereocenters. The van der Waals surface area contributed by atoms with E-state index in [0.717, 1.165) is 17.7 Å². The molecule has 0 spiro atoms. The van der Waals surface area contributed by atoms with Crippen molar-refractivity contribution in [3.05, 3.63) is 65.2 Å². The lowest BCUT2D eigenvalue weighted by atomic mass is 10.2. The minimum atomic E-state index is -0.938. The van der Waals surface area contributed by atoms with Crippen LogP contribution in [0.25, 0.3) is 0 Å². The minimum Gasteiger partial charge on any atom is -0.351 e. The van der Waals surface area contributed by atoms with E-state index in [1.807, 2.05) is 25.1 Å². The second kappa shape index (κ2) is 7.49. The minimum absolute atomic E-state index is 0.0445. The Hall–Kier alpha value is -2.76. The van der Waals surface area contributed by atoms with Gasteiger partial charge in [0.25, 0.3) is 5.91 Å². The summed E-state index contributed by atoms with van der Waals surface area (Å²) in [7, 11) is 0. The molecule has 0 aromatic heterocycles. The highest BCUT2D eigenvalue weighted by Crippen LogP contribution is 2.13. The Balaban J connectivity index is 1.83. The number of carbonyl (C=O) groups is 2. The lowest BCUT2D eigenvalue weighted by molar-refractivity contribution is -0.116. The van der Waals surface area contributed by atoms with Gasteiger partial charge in [-0.05, 0) is 30.7 Å². The Morgan fingerprint density at radius 1 is 1.09 bits per heavy atom. The van der Waals surface area contributed by atoms with Gasteiger partial charge in [-0.1, -0.05) is 18.2 Å². The molecule has 0 fully saturated rings. The van der Waals surface area contributed by atoms with E-state index in [1.54, 1.807) is 6.07 Å². The van der Waals surface area contributed by atoms with E-state index in [2.05, 4.69) is 10.6 Å². The molecule has 2 amide bonds. The van der Waals surface area contributed by atoms with Crippen molar-refractivity contribution in [2.45, 2.75) is 13.3 Å². The van der Waals surface area contributed by atoms with Crippen molar-refractivity contribution in [1.29, 1.82) is 0 Å². The lowest BCUT2D eigenvalue weighted by Crippen LogP contribution is -2.28. The van der Waals surface area contributed by atoms with E-state index in [9.17, 15) is 18.4 Å². The third-order valence-electron chi connectivity index (χ3n) is 3.23. The zero-order chi connectivity index (χ0) is 16.8. The Kier molecular flexibility index (Phi) is 5.41. The average Bonchev–Trinajstić information content (AvgIpc) is 2.49. The first-order valence-electron chi connectivity index (χ1n) is 7.06. The van der Waals surface area contributed by atoms with Crippen molar-refractivity contribution in [2.75, 3.05) is 11.9 Å². The number of hydrogen-bond acceptors (Lipinski definition) is 2. The van der Waals surface area contributed by atoms with Gasteiger partial charge in [0.15, 0.2) is 0 Å². The topological polar surface area (TPSA) is 58.2 Å². The van der Waals surface area contributed by atoms with E-state index >= 15 is 0 Å². The molecule has 0 saturated heterocycles. The molecule has 0 atom stereocenters. The molecule has 0 radical (unpaired) electrons. The largest absolute Gasteiger partial charge is 0.351 e. The van der Waals surface area contributed by atoms with Crippen LogP contribution in [0.2, 0.25) is 0 Å². The summed E-state index contributed by atoms with van der Waals surface area (Å²) in [4.78, 5) is 23.6. The number of aryl methyl sites for hydroxylation is 1. The number of amides is 2. The van der Waals surface area contributed by atoms with E-state index in [4.69, 9.17) is 0 Å². The van der Waals surface area contributed by atoms with Gasteiger partial charge in [-0.15, -0.1) is 0 Å². The Bertz CT molecular complexity index is 732. The molecular formula is C17H16F2N2O2. The monoisotopic (exact) mass is 318 g/mol. The molecule has 0 aliphatic heterocycles. The molecule has 0 aliphatic carbocycles. The van der Waals surface area contributed by atoms with Gasteiger partial charge in [0, 0.05) is 24.7 Å². The number of anilines is 1. The second-order valence-electron chi connectivity index (χ2n) is 4.99. The highest BCUT2D eigenvalue weighted by molar-refractivity contribution is 5.95. The predicted molar refractivity (Wildman–Crippen MR) is 83.1 cm³/mol. The molecule has 120 valence electrons. The smallest absolute Gasteiger partial charge is 0.254 e. The summed E-state index contributed by atoms with van der Waals surface area (Å²) < 4.78 is 26.2. The average molecular weight is 318 g/mol. The second-order valence-corrected chi connectivity index (χ2v) is 4.99. The van der Waals surface area contributed by atoms with Gasteiger partial charge in [0.05, 0.1) is 5.56 Å². The van der Waals surface area contributed by atoms with Crippen LogP contribution in [0, 0.1) is 18.6 Å². The van der Waals surface area contributed by atoms with Crippen LogP contribution in [-0.4, -0.2) is 18.4 Å². The maximum Gasteiger partial charge on any atom is 0.254 e. The van der Waals surface area contributed by atoms with Gasteiger partial charge in [0.2, 0.25) is 5.91 Å². The summed E-state index contributed by atoms with van der Waals surface area (Å²) in [6.45, 7) is 1.92. The van der Waals surface area contributed by atoms with Crippen molar-refractivity contribution in [1.82, 2.24) is 5.32 Å². The maximum absolute atomic E-state index is 13.4. The highest BCUT2D eigenvalue weighted by atomic mass is 19.1. The van der Waals surface area contributed by atoms with Crippen LogP contribution in [0.4, 0.5) is 14.5 Å². The number of nitrogens with one attached hydrogen (secondary N) is 2. The molecular weight excluding hydrogens is 302 g/mol. The van der Waals surface area contributed by atoms with Gasteiger partial charge in [-0.25, -0.2) is 8.78 Å². The zero-order valence-corrected chi connectivity index (χ0v) is 12.5.